The molecule has 0 aliphatic carbocycles. The molecule has 0 aliphatic heterocycles. The second kappa shape index (κ2) is 9.60. The number of rotatable bonds is 8. The molecule has 5 heteroatoms. The Labute approximate surface area is 152 Å². The average molecular weight is 364 g/mol. The van der Waals surface area contributed by atoms with Crippen LogP contribution in [0.2, 0.25) is 5.02 Å². The molecule has 0 radical (unpaired) electrons. The van der Waals surface area contributed by atoms with Gasteiger partial charge in [-0.05, 0) is 55.8 Å². The molecule has 0 bridgehead atoms. The monoisotopic (exact) mass is 363 g/mol. The molecule has 2 rings (SSSR count). The number of carbonyl (C=O) groups excluding carboxylic acids is 1. The van der Waals surface area contributed by atoms with E-state index in [9.17, 15) is 4.79 Å². The summed E-state index contributed by atoms with van der Waals surface area (Å²) in [5.74, 6) is 1.51. The molecule has 2 aromatic carbocycles. The first-order valence-corrected chi connectivity index (χ1v) is 9.42. The summed E-state index contributed by atoms with van der Waals surface area (Å²) in [4.78, 5) is 13.3. The Kier molecular flexibility index (Phi) is 7.47. The van der Waals surface area contributed by atoms with Crippen LogP contribution in [0.4, 0.5) is 0 Å². The van der Waals surface area contributed by atoms with Gasteiger partial charge < -0.3 is 10.1 Å². The maximum atomic E-state index is 12.2. The van der Waals surface area contributed by atoms with Gasteiger partial charge >= 0.3 is 0 Å². The van der Waals surface area contributed by atoms with Crippen LogP contribution in [0.5, 0.6) is 5.75 Å². The summed E-state index contributed by atoms with van der Waals surface area (Å²) in [6.45, 7) is 5.27. The van der Waals surface area contributed by atoms with E-state index in [-0.39, 0.29) is 5.91 Å². The summed E-state index contributed by atoms with van der Waals surface area (Å²) >= 11 is 7.61. The molecule has 24 heavy (non-hydrogen) atoms. The number of carbonyl (C=O) groups is 1. The van der Waals surface area contributed by atoms with Crippen LogP contribution in [0, 0.1) is 0 Å². The van der Waals surface area contributed by atoms with Crippen LogP contribution in [0.25, 0.3) is 0 Å². The zero-order valence-electron chi connectivity index (χ0n) is 14.0. The predicted octanol–water partition coefficient (Wildman–Crippen LogP) is 5.17. The third-order valence-corrected chi connectivity index (χ3v) is 4.68. The molecule has 2 aromatic rings. The van der Waals surface area contributed by atoms with Gasteiger partial charge in [0.1, 0.15) is 5.75 Å². The van der Waals surface area contributed by atoms with Crippen LogP contribution in [0.15, 0.2) is 47.4 Å². The molecule has 0 spiro atoms. The van der Waals surface area contributed by atoms with Gasteiger partial charge in [0.2, 0.25) is 0 Å². The van der Waals surface area contributed by atoms with Crippen molar-refractivity contribution in [2.24, 2.45) is 0 Å². The molecule has 0 atom stereocenters. The van der Waals surface area contributed by atoms with Crippen molar-refractivity contribution in [1.82, 2.24) is 5.32 Å². The summed E-state index contributed by atoms with van der Waals surface area (Å²) in [6.07, 6.45) is 0.919. The molecular weight excluding hydrogens is 342 g/mol. The number of halogens is 1. The van der Waals surface area contributed by atoms with Gasteiger partial charge in [0, 0.05) is 33.3 Å². The first kappa shape index (κ1) is 18.7. The summed E-state index contributed by atoms with van der Waals surface area (Å²) in [5, 5.41) is 3.63. The Balaban J connectivity index is 2.14. The molecule has 0 fully saturated rings. The Hall–Kier alpha value is -1.65. The largest absolute Gasteiger partial charge is 0.494 e. The highest BCUT2D eigenvalue weighted by Crippen LogP contribution is 2.29. The Morgan fingerprint density at radius 3 is 2.58 bits per heavy atom. The van der Waals surface area contributed by atoms with Crippen molar-refractivity contribution in [3.8, 4) is 5.75 Å². The highest BCUT2D eigenvalue weighted by Gasteiger charge is 2.11. The van der Waals surface area contributed by atoms with E-state index in [0.29, 0.717) is 18.7 Å². The van der Waals surface area contributed by atoms with Crippen molar-refractivity contribution >= 4 is 29.3 Å². The lowest BCUT2D eigenvalue weighted by Gasteiger charge is -2.12. The van der Waals surface area contributed by atoms with Crippen LogP contribution in [0.3, 0.4) is 0 Å². The fourth-order valence-electron chi connectivity index (χ4n) is 2.16. The fraction of sp³-hybridized carbons (Fsp3) is 0.316. The van der Waals surface area contributed by atoms with Crippen molar-refractivity contribution < 1.29 is 9.53 Å². The van der Waals surface area contributed by atoms with E-state index >= 15 is 0 Å². The minimum atomic E-state index is -0.0439. The SMILES string of the molecule is CCCNC(=O)c1ccc(OCC)c(CSc2ccc(Cl)cc2)c1. The smallest absolute Gasteiger partial charge is 0.251 e. The van der Waals surface area contributed by atoms with E-state index in [2.05, 4.69) is 5.32 Å². The van der Waals surface area contributed by atoms with Crippen molar-refractivity contribution in [1.29, 1.82) is 0 Å². The Bertz CT molecular complexity index is 674. The standard InChI is InChI=1S/C19H22ClNO2S/c1-3-11-21-19(22)14-5-10-18(23-4-2)15(12-14)13-24-17-8-6-16(20)7-9-17/h5-10,12H,3-4,11,13H2,1-2H3,(H,21,22). The Morgan fingerprint density at radius 1 is 1.17 bits per heavy atom. The first-order valence-electron chi connectivity index (χ1n) is 8.06. The molecule has 128 valence electrons. The molecular formula is C19H22ClNO2S. The second-order valence-corrected chi connectivity index (χ2v) is 6.74. The van der Waals surface area contributed by atoms with Gasteiger partial charge in [0.25, 0.3) is 5.91 Å². The third kappa shape index (κ3) is 5.46. The lowest BCUT2D eigenvalue weighted by molar-refractivity contribution is 0.0953. The first-order chi connectivity index (χ1) is 11.6. The molecule has 1 N–H and O–H groups in total. The number of benzene rings is 2. The van der Waals surface area contributed by atoms with E-state index in [0.717, 1.165) is 33.4 Å². The van der Waals surface area contributed by atoms with Gasteiger partial charge in [0.15, 0.2) is 0 Å². The van der Waals surface area contributed by atoms with Crippen LogP contribution >= 0.6 is 23.4 Å². The van der Waals surface area contributed by atoms with E-state index in [4.69, 9.17) is 16.3 Å². The molecule has 0 aromatic heterocycles. The number of amides is 1. The highest BCUT2D eigenvalue weighted by molar-refractivity contribution is 7.98. The van der Waals surface area contributed by atoms with E-state index in [1.54, 1.807) is 11.8 Å². The quantitative estimate of drug-likeness (QED) is 0.657. The maximum absolute atomic E-state index is 12.2. The lowest BCUT2D eigenvalue weighted by atomic mass is 10.1. The van der Waals surface area contributed by atoms with E-state index < -0.39 is 0 Å². The van der Waals surface area contributed by atoms with Gasteiger partial charge in [-0.25, -0.2) is 0 Å². The molecule has 0 saturated carbocycles. The summed E-state index contributed by atoms with van der Waals surface area (Å²) < 4.78 is 5.69. The summed E-state index contributed by atoms with van der Waals surface area (Å²) in [5.41, 5.74) is 1.68. The number of thioether (sulfide) groups is 1. The second-order valence-electron chi connectivity index (χ2n) is 5.25. The molecule has 3 nitrogen and oxygen atoms in total. The van der Waals surface area contributed by atoms with Gasteiger partial charge in [-0.15, -0.1) is 11.8 Å². The van der Waals surface area contributed by atoms with Gasteiger partial charge in [-0.1, -0.05) is 18.5 Å². The van der Waals surface area contributed by atoms with Gasteiger partial charge in [-0.3, -0.25) is 4.79 Å². The average Bonchev–Trinajstić information content (AvgIpc) is 2.60. The highest BCUT2D eigenvalue weighted by atomic mass is 35.5. The third-order valence-electron chi connectivity index (χ3n) is 3.37. The molecule has 1 amide bonds. The molecule has 0 heterocycles. The Morgan fingerprint density at radius 2 is 1.92 bits per heavy atom. The van der Waals surface area contributed by atoms with Crippen molar-refractivity contribution in [2.45, 2.75) is 30.9 Å². The van der Waals surface area contributed by atoms with E-state index in [1.807, 2.05) is 56.3 Å². The zero-order valence-corrected chi connectivity index (χ0v) is 15.5. The van der Waals surface area contributed by atoms with Crippen LogP contribution < -0.4 is 10.1 Å². The van der Waals surface area contributed by atoms with Crippen molar-refractivity contribution in [3.05, 3.63) is 58.6 Å². The normalized spacial score (nSPS) is 10.5. The number of hydrogen-bond donors (Lipinski definition) is 1. The summed E-state index contributed by atoms with van der Waals surface area (Å²) in [6, 6.07) is 13.3. The van der Waals surface area contributed by atoms with Crippen LogP contribution in [0.1, 0.15) is 36.2 Å². The number of nitrogens with one attached hydrogen (secondary N) is 1. The predicted molar refractivity (Wildman–Crippen MR) is 101 cm³/mol. The topological polar surface area (TPSA) is 38.3 Å². The fourth-order valence-corrected chi connectivity index (χ4v) is 3.16. The van der Waals surface area contributed by atoms with Gasteiger partial charge in [-0.2, -0.15) is 0 Å². The van der Waals surface area contributed by atoms with Crippen LogP contribution in [-0.2, 0) is 5.75 Å². The summed E-state index contributed by atoms with van der Waals surface area (Å²) in [7, 11) is 0. The zero-order chi connectivity index (χ0) is 17.4. The van der Waals surface area contributed by atoms with Crippen molar-refractivity contribution in [2.75, 3.05) is 13.2 Å². The molecule has 0 aliphatic rings. The van der Waals surface area contributed by atoms with Gasteiger partial charge in [0.05, 0.1) is 6.61 Å². The van der Waals surface area contributed by atoms with Crippen LogP contribution in [-0.4, -0.2) is 19.1 Å². The minimum Gasteiger partial charge on any atom is -0.494 e. The molecule has 0 saturated heterocycles. The molecule has 0 unspecified atom stereocenters. The number of hydrogen-bond acceptors (Lipinski definition) is 3. The van der Waals surface area contributed by atoms with Crippen molar-refractivity contribution in [3.63, 3.8) is 0 Å². The number of ether oxygens (including phenoxy) is 1. The maximum Gasteiger partial charge on any atom is 0.251 e. The van der Waals surface area contributed by atoms with E-state index in [1.165, 1.54) is 0 Å². The minimum absolute atomic E-state index is 0.0439. The lowest BCUT2D eigenvalue weighted by Crippen LogP contribution is -2.24.